The van der Waals surface area contributed by atoms with E-state index in [1.807, 2.05) is 30.5 Å². The lowest BCUT2D eigenvalue weighted by atomic mass is 9.90. The Morgan fingerprint density at radius 3 is 2.79 bits per heavy atom. The summed E-state index contributed by atoms with van der Waals surface area (Å²) < 4.78 is 0. The van der Waals surface area contributed by atoms with Crippen LogP contribution in [0.5, 0.6) is 0 Å². The van der Waals surface area contributed by atoms with Crippen molar-refractivity contribution in [3.63, 3.8) is 0 Å². The van der Waals surface area contributed by atoms with Gasteiger partial charge in [0.1, 0.15) is 0 Å². The number of hydrogen-bond donors (Lipinski definition) is 2. The summed E-state index contributed by atoms with van der Waals surface area (Å²) in [4.78, 5) is 13.4. The first kappa shape index (κ1) is 14.4. The van der Waals surface area contributed by atoms with Gasteiger partial charge in [-0.3, -0.25) is 4.79 Å². The minimum absolute atomic E-state index is 0.0427. The lowest BCUT2D eigenvalue weighted by molar-refractivity contribution is -0.119. The Morgan fingerprint density at radius 2 is 2.16 bits per heavy atom. The van der Waals surface area contributed by atoms with Crippen LogP contribution in [0.25, 0.3) is 0 Å². The summed E-state index contributed by atoms with van der Waals surface area (Å²) in [6.45, 7) is 3.15. The van der Waals surface area contributed by atoms with Crippen LogP contribution < -0.4 is 10.6 Å². The molecule has 0 aromatic heterocycles. The summed E-state index contributed by atoms with van der Waals surface area (Å²) in [5.74, 6) is 0.769. The number of benzene rings is 1. The molecule has 1 aliphatic heterocycles. The standard InChI is InChI=1S/C15H22N2OS/c1-3-11-8-9-16-14(10-11)15(18)17-12-4-6-13(19-2)7-5-12/h4-7,11,14,16H,3,8-10H2,1-2H3,(H,17,18). The highest BCUT2D eigenvalue weighted by Gasteiger charge is 2.25. The maximum atomic E-state index is 12.2. The van der Waals surface area contributed by atoms with E-state index in [-0.39, 0.29) is 11.9 Å². The molecule has 0 radical (unpaired) electrons. The molecule has 2 rings (SSSR count). The molecule has 0 aliphatic carbocycles. The van der Waals surface area contributed by atoms with Crippen LogP contribution in [0.1, 0.15) is 26.2 Å². The smallest absolute Gasteiger partial charge is 0.241 e. The van der Waals surface area contributed by atoms with Crippen molar-refractivity contribution in [2.24, 2.45) is 5.92 Å². The van der Waals surface area contributed by atoms with E-state index < -0.39 is 0 Å². The first-order valence-corrected chi connectivity index (χ1v) is 8.13. The second-order valence-corrected chi connectivity index (χ2v) is 5.90. The highest BCUT2D eigenvalue weighted by molar-refractivity contribution is 7.98. The number of carbonyl (C=O) groups excluding carboxylic acids is 1. The molecule has 104 valence electrons. The van der Waals surface area contributed by atoms with E-state index in [1.165, 1.54) is 11.3 Å². The van der Waals surface area contributed by atoms with Gasteiger partial charge in [0.05, 0.1) is 6.04 Å². The number of piperidine rings is 1. The van der Waals surface area contributed by atoms with Crippen LogP contribution in [0, 0.1) is 5.92 Å². The first-order valence-electron chi connectivity index (χ1n) is 6.91. The minimum atomic E-state index is -0.0427. The van der Waals surface area contributed by atoms with Gasteiger partial charge in [-0.05, 0) is 55.8 Å². The number of anilines is 1. The zero-order valence-electron chi connectivity index (χ0n) is 11.6. The topological polar surface area (TPSA) is 41.1 Å². The fraction of sp³-hybridized carbons (Fsp3) is 0.533. The predicted octanol–water partition coefficient (Wildman–Crippen LogP) is 3.13. The highest BCUT2D eigenvalue weighted by atomic mass is 32.2. The Kier molecular flexibility index (Phi) is 5.28. The maximum absolute atomic E-state index is 12.2. The number of nitrogens with one attached hydrogen (secondary N) is 2. The van der Waals surface area contributed by atoms with Crippen molar-refractivity contribution >= 4 is 23.4 Å². The third kappa shape index (κ3) is 3.98. The van der Waals surface area contributed by atoms with Gasteiger partial charge in [-0.1, -0.05) is 13.3 Å². The fourth-order valence-corrected chi connectivity index (χ4v) is 2.88. The maximum Gasteiger partial charge on any atom is 0.241 e. The molecule has 1 aliphatic rings. The Hall–Kier alpha value is -1.00. The van der Waals surface area contributed by atoms with Crippen LogP contribution in [0.3, 0.4) is 0 Å². The molecule has 2 N–H and O–H groups in total. The fourth-order valence-electron chi connectivity index (χ4n) is 2.47. The summed E-state index contributed by atoms with van der Waals surface area (Å²) >= 11 is 1.70. The third-order valence-electron chi connectivity index (χ3n) is 3.76. The first-order chi connectivity index (χ1) is 9.22. The Balaban J connectivity index is 1.92. The summed E-state index contributed by atoms with van der Waals surface area (Å²) in [5.41, 5.74) is 0.878. The van der Waals surface area contributed by atoms with E-state index >= 15 is 0 Å². The van der Waals surface area contributed by atoms with Gasteiger partial charge < -0.3 is 10.6 Å². The Bertz CT molecular complexity index is 419. The summed E-state index contributed by atoms with van der Waals surface area (Å²) in [5, 5.41) is 6.31. The molecule has 2 unspecified atom stereocenters. The van der Waals surface area contributed by atoms with Crippen molar-refractivity contribution in [1.29, 1.82) is 0 Å². The zero-order valence-corrected chi connectivity index (χ0v) is 12.4. The van der Waals surface area contributed by atoms with Crippen LogP contribution >= 0.6 is 11.8 Å². The van der Waals surface area contributed by atoms with Gasteiger partial charge in [0.2, 0.25) is 5.91 Å². The van der Waals surface area contributed by atoms with Crippen molar-refractivity contribution < 1.29 is 4.79 Å². The molecule has 1 aromatic rings. The van der Waals surface area contributed by atoms with E-state index in [0.29, 0.717) is 5.92 Å². The normalized spacial score (nSPS) is 23.1. The molecule has 1 fully saturated rings. The molecule has 19 heavy (non-hydrogen) atoms. The summed E-state index contributed by atoms with van der Waals surface area (Å²) in [7, 11) is 0. The number of thioether (sulfide) groups is 1. The van der Waals surface area contributed by atoms with E-state index in [9.17, 15) is 4.79 Å². The molecule has 1 amide bonds. The highest BCUT2D eigenvalue weighted by Crippen LogP contribution is 2.21. The predicted molar refractivity (Wildman–Crippen MR) is 81.7 cm³/mol. The van der Waals surface area contributed by atoms with Crippen LogP contribution in [-0.2, 0) is 4.79 Å². The molecule has 1 heterocycles. The van der Waals surface area contributed by atoms with Crippen LogP contribution in [-0.4, -0.2) is 24.7 Å². The van der Waals surface area contributed by atoms with Gasteiger partial charge in [0.25, 0.3) is 0 Å². The summed E-state index contributed by atoms with van der Waals surface area (Å²) in [6, 6.07) is 7.94. The third-order valence-corrected chi connectivity index (χ3v) is 4.51. The average molecular weight is 278 g/mol. The van der Waals surface area contributed by atoms with Gasteiger partial charge in [0, 0.05) is 10.6 Å². The van der Waals surface area contributed by atoms with Gasteiger partial charge in [0.15, 0.2) is 0 Å². The van der Waals surface area contributed by atoms with Gasteiger partial charge >= 0.3 is 0 Å². The van der Waals surface area contributed by atoms with Crippen LogP contribution in [0.4, 0.5) is 5.69 Å². The SMILES string of the molecule is CCC1CCNC(C(=O)Nc2ccc(SC)cc2)C1. The summed E-state index contributed by atoms with van der Waals surface area (Å²) in [6.07, 6.45) is 5.34. The average Bonchev–Trinajstić information content (AvgIpc) is 2.48. The van der Waals surface area contributed by atoms with Crippen molar-refractivity contribution in [3.05, 3.63) is 24.3 Å². The van der Waals surface area contributed by atoms with Crippen LogP contribution in [0.15, 0.2) is 29.2 Å². The molecular weight excluding hydrogens is 256 g/mol. The zero-order chi connectivity index (χ0) is 13.7. The van der Waals surface area contributed by atoms with Gasteiger partial charge in [-0.2, -0.15) is 0 Å². The van der Waals surface area contributed by atoms with E-state index in [2.05, 4.69) is 17.6 Å². The lowest BCUT2D eigenvalue weighted by Crippen LogP contribution is -2.46. The molecule has 0 spiro atoms. The van der Waals surface area contributed by atoms with Crippen LogP contribution in [0.2, 0.25) is 0 Å². The van der Waals surface area contributed by atoms with Gasteiger partial charge in [-0.15, -0.1) is 11.8 Å². The van der Waals surface area contributed by atoms with E-state index in [4.69, 9.17) is 0 Å². The molecule has 3 nitrogen and oxygen atoms in total. The molecule has 4 heteroatoms. The second kappa shape index (κ2) is 6.96. The molecule has 2 atom stereocenters. The van der Waals surface area contributed by atoms with E-state index in [1.54, 1.807) is 11.8 Å². The van der Waals surface area contributed by atoms with Gasteiger partial charge in [-0.25, -0.2) is 0 Å². The molecule has 0 saturated carbocycles. The molecule has 1 aromatic carbocycles. The number of amides is 1. The number of carbonyl (C=O) groups is 1. The molecule has 0 bridgehead atoms. The Morgan fingerprint density at radius 1 is 1.42 bits per heavy atom. The van der Waals surface area contributed by atoms with Crippen molar-refractivity contribution in [2.45, 2.75) is 37.1 Å². The number of hydrogen-bond acceptors (Lipinski definition) is 3. The van der Waals surface area contributed by atoms with Crippen molar-refractivity contribution in [2.75, 3.05) is 18.1 Å². The Labute approximate surface area is 119 Å². The lowest BCUT2D eigenvalue weighted by Gasteiger charge is -2.28. The molecule has 1 saturated heterocycles. The number of rotatable bonds is 4. The second-order valence-electron chi connectivity index (χ2n) is 5.02. The van der Waals surface area contributed by atoms with Crippen molar-refractivity contribution in [3.8, 4) is 0 Å². The quantitative estimate of drug-likeness (QED) is 0.831. The van der Waals surface area contributed by atoms with Crippen molar-refractivity contribution in [1.82, 2.24) is 5.32 Å². The minimum Gasteiger partial charge on any atom is -0.325 e. The molecular formula is C15H22N2OS. The monoisotopic (exact) mass is 278 g/mol. The van der Waals surface area contributed by atoms with E-state index in [0.717, 1.165) is 25.1 Å². The largest absolute Gasteiger partial charge is 0.325 e.